The van der Waals surface area contributed by atoms with Crippen molar-refractivity contribution in [2.45, 2.75) is 13.0 Å². The summed E-state index contributed by atoms with van der Waals surface area (Å²) < 4.78 is 0. The van der Waals surface area contributed by atoms with Crippen LogP contribution in [0.2, 0.25) is 5.02 Å². The number of hydrogen-bond donors (Lipinski definition) is 2. The maximum Gasteiger partial charge on any atom is 0.191 e. The Labute approximate surface area is 131 Å². The van der Waals surface area contributed by atoms with Crippen molar-refractivity contribution >= 4 is 17.6 Å². The lowest BCUT2D eigenvalue weighted by Gasteiger charge is -2.12. The van der Waals surface area contributed by atoms with Crippen LogP contribution in [-0.4, -0.2) is 19.6 Å². The van der Waals surface area contributed by atoms with Crippen LogP contribution in [0.15, 0.2) is 59.6 Å². The smallest absolute Gasteiger partial charge is 0.191 e. The molecule has 2 aromatic rings. The normalized spacial score (nSPS) is 11.2. The van der Waals surface area contributed by atoms with Gasteiger partial charge in [-0.1, -0.05) is 60.1 Å². The van der Waals surface area contributed by atoms with Gasteiger partial charge in [-0.05, 0) is 23.6 Å². The second-order valence-corrected chi connectivity index (χ2v) is 5.09. The summed E-state index contributed by atoms with van der Waals surface area (Å²) in [5, 5.41) is 7.34. The number of halogens is 1. The number of nitrogens with zero attached hydrogens (tertiary/aromatic N) is 1. The highest BCUT2D eigenvalue weighted by Gasteiger charge is 2.01. The summed E-state index contributed by atoms with van der Waals surface area (Å²) in [5.41, 5.74) is 2.37. The highest BCUT2D eigenvalue weighted by atomic mass is 35.5. The molecule has 0 aliphatic carbocycles. The molecule has 0 radical (unpaired) electrons. The van der Waals surface area contributed by atoms with Crippen LogP contribution in [0.5, 0.6) is 0 Å². The number of guanidine groups is 1. The Balaban J connectivity index is 1.78. The van der Waals surface area contributed by atoms with Gasteiger partial charge in [0, 0.05) is 25.2 Å². The predicted molar refractivity (Wildman–Crippen MR) is 89.8 cm³/mol. The summed E-state index contributed by atoms with van der Waals surface area (Å²) >= 11 is 6.13. The molecule has 0 aliphatic rings. The van der Waals surface area contributed by atoms with Gasteiger partial charge in [0.2, 0.25) is 0 Å². The first-order valence-corrected chi connectivity index (χ1v) is 7.39. The van der Waals surface area contributed by atoms with E-state index in [1.165, 1.54) is 5.56 Å². The molecule has 0 saturated carbocycles. The molecule has 0 amide bonds. The van der Waals surface area contributed by atoms with E-state index < -0.39 is 0 Å². The van der Waals surface area contributed by atoms with Gasteiger partial charge in [-0.3, -0.25) is 4.99 Å². The second kappa shape index (κ2) is 8.32. The van der Waals surface area contributed by atoms with Crippen LogP contribution in [0.25, 0.3) is 0 Å². The van der Waals surface area contributed by atoms with E-state index in [4.69, 9.17) is 11.6 Å². The minimum atomic E-state index is 0.657. The lowest BCUT2D eigenvalue weighted by molar-refractivity contribution is 0.795. The number of rotatable bonds is 5. The molecule has 0 spiro atoms. The molecule has 21 heavy (non-hydrogen) atoms. The molecule has 0 fully saturated rings. The van der Waals surface area contributed by atoms with Crippen molar-refractivity contribution in [3.05, 3.63) is 70.7 Å². The van der Waals surface area contributed by atoms with Crippen molar-refractivity contribution in [1.29, 1.82) is 0 Å². The molecule has 0 heterocycles. The van der Waals surface area contributed by atoms with Crippen molar-refractivity contribution in [2.75, 3.05) is 13.6 Å². The molecule has 4 heteroatoms. The van der Waals surface area contributed by atoms with Gasteiger partial charge < -0.3 is 10.6 Å². The van der Waals surface area contributed by atoms with Crippen LogP contribution in [0, 0.1) is 0 Å². The number of aliphatic imine (C=N–C) groups is 1. The number of benzene rings is 2. The fourth-order valence-electron chi connectivity index (χ4n) is 2.01. The van der Waals surface area contributed by atoms with Crippen molar-refractivity contribution < 1.29 is 0 Å². The standard InChI is InChI=1S/C17H20ClN3/c1-19-17(20-12-11-14-7-3-2-4-8-14)21-13-15-9-5-6-10-16(15)18/h2-10H,11-13H2,1H3,(H2,19,20,21). The lowest BCUT2D eigenvalue weighted by atomic mass is 10.1. The molecule has 0 bridgehead atoms. The van der Waals surface area contributed by atoms with Gasteiger partial charge in [-0.15, -0.1) is 0 Å². The highest BCUT2D eigenvalue weighted by molar-refractivity contribution is 6.31. The minimum Gasteiger partial charge on any atom is -0.356 e. The SMILES string of the molecule is CN=C(NCCc1ccccc1)NCc1ccccc1Cl. The Hall–Kier alpha value is -2.00. The first-order valence-electron chi connectivity index (χ1n) is 7.01. The summed E-state index contributed by atoms with van der Waals surface area (Å²) in [6.45, 7) is 1.50. The highest BCUT2D eigenvalue weighted by Crippen LogP contribution is 2.14. The average molecular weight is 302 g/mol. The fraction of sp³-hybridized carbons (Fsp3) is 0.235. The van der Waals surface area contributed by atoms with Gasteiger partial charge in [0.05, 0.1) is 0 Å². The molecular formula is C17H20ClN3. The third-order valence-electron chi connectivity index (χ3n) is 3.18. The summed E-state index contributed by atoms with van der Waals surface area (Å²) in [6.07, 6.45) is 0.966. The summed E-state index contributed by atoms with van der Waals surface area (Å²) in [4.78, 5) is 4.22. The molecule has 0 aliphatic heterocycles. The molecule has 110 valence electrons. The van der Waals surface area contributed by atoms with Crippen molar-refractivity contribution in [3.8, 4) is 0 Å². The van der Waals surface area contributed by atoms with E-state index in [1.54, 1.807) is 7.05 Å². The average Bonchev–Trinajstić information content (AvgIpc) is 2.53. The zero-order chi connectivity index (χ0) is 14.9. The molecule has 0 aromatic heterocycles. The third-order valence-corrected chi connectivity index (χ3v) is 3.55. The number of hydrogen-bond acceptors (Lipinski definition) is 1. The summed E-state index contributed by atoms with van der Waals surface area (Å²) in [6, 6.07) is 18.2. The van der Waals surface area contributed by atoms with Crippen molar-refractivity contribution in [3.63, 3.8) is 0 Å². The maximum atomic E-state index is 6.13. The Morgan fingerprint density at radius 3 is 2.43 bits per heavy atom. The largest absolute Gasteiger partial charge is 0.356 e. The van der Waals surface area contributed by atoms with Gasteiger partial charge in [0.1, 0.15) is 0 Å². The third kappa shape index (κ3) is 5.12. The zero-order valence-corrected chi connectivity index (χ0v) is 12.9. The molecule has 0 atom stereocenters. The van der Waals surface area contributed by atoms with Crippen LogP contribution in [0.1, 0.15) is 11.1 Å². The van der Waals surface area contributed by atoms with E-state index in [-0.39, 0.29) is 0 Å². The van der Waals surface area contributed by atoms with Crippen LogP contribution in [-0.2, 0) is 13.0 Å². The molecular weight excluding hydrogens is 282 g/mol. The molecule has 2 N–H and O–H groups in total. The molecule has 3 nitrogen and oxygen atoms in total. The minimum absolute atomic E-state index is 0.657. The second-order valence-electron chi connectivity index (χ2n) is 4.68. The van der Waals surface area contributed by atoms with Crippen LogP contribution in [0.4, 0.5) is 0 Å². The van der Waals surface area contributed by atoms with Crippen LogP contribution in [0.3, 0.4) is 0 Å². The molecule has 0 unspecified atom stereocenters. The molecule has 2 rings (SSSR count). The van der Waals surface area contributed by atoms with Crippen LogP contribution < -0.4 is 10.6 Å². The van der Waals surface area contributed by atoms with E-state index in [0.29, 0.717) is 6.54 Å². The number of nitrogens with one attached hydrogen (secondary N) is 2. The van der Waals surface area contributed by atoms with Gasteiger partial charge in [0.15, 0.2) is 5.96 Å². The van der Waals surface area contributed by atoms with Gasteiger partial charge in [0.25, 0.3) is 0 Å². The van der Waals surface area contributed by atoms with E-state index in [2.05, 4.69) is 39.9 Å². The summed E-state index contributed by atoms with van der Waals surface area (Å²) in [7, 11) is 1.77. The van der Waals surface area contributed by atoms with Crippen molar-refractivity contribution in [1.82, 2.24) is 10.6 Å². The van der Waals surface area contributed by atoms with Gasteiger partial charge >= 0.3 is 0 Å². The Morgan fingerprint density at radius 2 is 1.71 bits per heavy atom. The van der Waals surface area contributed by atoms with Crippen LogP contribution >= 0.6 is 11.6 Å². The Kier molecular flexibility index (Phi) is 6.10. The van der Waals surface area contributed by atoms with E-state index in [0.717, 1.165) is 29.5 Å². The maximum absolute atomic E-state index is 6.13. The quantitative estimate of drug-likeness (QED) is 0.657. The van der Waals surface area contributed by atoms with Gasteiger partial charge in [-0.2, -0.15) is 0 Å². The molecule has 2 aromatic carbocycles. The first kappa shape index (κ1) is 15.4. The van der Waals surface area contributed by atoms with Gasteiger partial charge in [-0.25, -0.2) is 0 Å². The summed E-state index contributed by atoms with van der Waals surface area (Å²) in [5.74, 6) is 0.783. The monoisotopic (exact) mass is 301 g/mol. The van der Waals surface area contributed by atoms with Crippen molar-refractivity contribution in [2.24, 2.45) is 4.99 Å². The Morgan fingerprint density at radius 1 is 1.00 bits per heavy atom. The fourth-order valence-corrected chi connectivity index (χ4v) is 2.21. The van der Waals surface area contributed by atoms with E-state index >= 15 is 0 Å². The van der Waals surface area contributed by atoms with E-state index in [1.807, 2.05) is 30.3 Å². The predicted octanol–water partition coefficient (Wildman–Crippen LogP) is 3.25. The van der Waals surface area contributed by atoms with E-state index in [9.17, 15) is 0 Å². The molecule has 0 saturated heterocycles. The first-order chi connectivity index (χ1) is 10.3. The Bertz CT molecular complexity index is 582. The topological polar surface area (TPSA) is 36.4 Å². The lowest BCUT2D eigenvalue weighted by Crippen LogP contribution is -2.37. The zero-order valence-electron chi connectivity index (χ0n) is 12.1.